The van der Waals surface area contributed by atoms with Crippen LogP contribution in [0.2, 0.25) is 0 Å². The van der Waals surface area contributed by atoms with Gasteiger partial charge in [0.1, 0.15) is 5.76 Å². The predicted octanol–water partition coefficient (Wildman–Crippen LogP) is 4.42. The maximum Gasteiger partial charge on any atom is 0.114 e. The Hall–Kier alpha value is -0.680. The van der Waals surface area contributed by atoms with Gasteiger partial charge in [0.25, 0.3) is 0 Å². The van der Waals surface area contributed by atoms with Crippen LogP contribution in [-0.2, 0) is 18.7 Å². The third-order valence-corrected chi connectivity index (χ3v) is 4.94. The van der Waals surface area contributed by atoms with Gasteiger partial charge in [-0.05, 0) is 42.3 Å². The minimum absolute atomic E-state index is 0.902. The average molecular weight is 329 g/mol. The van der Waals surface area contributed by atoms with Gasteiger partial charge in [0.2, 0.25) is 0 Å². The Morgan fingerprint density at radius 3 is 2.78 bits per heavy atom. The van der Waals surface area contributed by atoms with Crippen molar-refractivity contribution in [3.63, 3.8) is 0 Å². The van der Waals surface area contributed by atoms with E-state index in [4.69, 9.17) is 4.42 Å². The minimum atomic E-state index is 0.902. The van der Waals surface area contributed by atoms with Crippen molar-refractivity contribution in [3.8, 4) is 0 Å². The van der Waals surface area contributed by atoms with Gasteiger partial charge in [-0.15, -0.1) is 11.8 Å². The van der Waals surface area contributed by atoms with Crippen LogP contribution in [0.1, 0.15) is 31.0 Å². The van der Waals surface area contributed by atoms with Crippen LogP contribution in [0.3, 0.4) is 0 Å². The molecular weight excluding hydrogens is 312 g/mol. The highest BCUT2D eigenvalue weighted by atomic mass is 79.9. The molecule has 2 heterocycles. The van der Waals surface area contributed by atoms with Crippen LogP contribution in [0.4, 0.5) is 0 Å². The molecule has 0 aliphatic carbocycles. The summed E-state index contributed by atoms with van der Waals surface area (Å²) in [6.07, 6.45) is 2.69. The van der Waals surface area contributed by atoms with Crippen molar-refractivity contribution in [2.45, 2.75) is 44.4 Å². The van der Waals surface area contributed by atoms with E-state index in [2.05, 4.69) is 39.6 Å². The molecule has 0 atom stereocenters. The van der Waals surface area contributed by atoms with E-state index in [1.165, 1.54) is 10.6 Å². The van der Waals surface area contributed by atoms with Crippen molar-refractivity contribution in [1.82, 2.24) is 9.78 Å². The molecule has 0 spiro atoms. The quantitative estimate of drug-likeness (QED) is 0.761. The number of halogens is 1. The molecule has 0 bridgehead atoms. The topological polar surface area (TPSA) is 31.0 Å². The first-order chi connectivity index (χ1) is 8.67. The minimum Gasteiger partial charge on any atom is -0.468 e. The van der Waals surface area contributed by atoms with Gasteiger partial charge in [-0.3, -0.25) is 4.68 Å². The van der Waals surface area contributed by atoms with E-state index in [9.17, 15) is 0 Å². The van der Waals surface area contributed by atoms with Gasteiger partial charge in [-0.1, -0.05) is 6.92 Å². The lowest BCUT2D eigenvalue weighted by Gasteiger charge is -2.04. The summed E-state index contributed by atoms with van der Waals surface area (Å²) in [5.41, 5.74) is 2.39. The zero-order valence-corrected chi connectivity index (χ0v) is 13.3. The highest BCUT2D eigenvalue weighted by molar-refractivity contribution is 9.10. The molecule has 98 valence electrons. The smallest absolute Gasteiger partial charge is 0.114 e. The van der Waals surface area contributed by atoms with Gasteiger partial charge < -0.3 is 4.42 Å². The number of hydrogen-bond donors (Lipinski definition) is 0. The SMILES string of the molecule is CCc1nn(CC)c(CSc2ccoc2C)c1Br. The van der Waals surface area contributed by atoms with Crippen molar-refractivity contribution in [2.24, 2.45) is 0 Å². The first-order valence-corrected chi connectivity index (χ1v) is 7.86. The average Bonchev–Trinajstić information content (AvgIpc) is 2.91. The zero-order valence-electron chi connectivity index (χ0n) is 10.9. The first-order valence-electron chi connectivity index (χ1n) is 6.08. The maximum atomic E-state index is 5.31. The Kier molecular flexibility index (Phi) is 4.56. The number of nitrogens with zero attached hydrogens (tertiary/aromatic N) is 2. The van der Waals surface area contributed by atoms with Crippen LogP contribution in [0.5, 0.6) is 0 Å². The summed E-state index contributed by atoms with van der Waals surface area (Å²) < 4.78 is 8.54. The molecule has 2 rings (SSSR count). The van der Waals surface area contributed by atoms with Crippen LogP contribution in [0, 0.1) is 6.92 Å². The molecule has 5 heteroatoms. The Bertz CT molecular complexity index is 533. The maximum absolute atomic E-state index is 5.31. The fourth-order valence-corrected chi connectivity index (χ4v) is 3.70. The van der Waals surface area contributed by atoms with Gasteiger partial charge in [-0.25, -0.2) is 0 Å². The summed E-state index contributed by atoms with van der Waals surface area (Å²) in [7, 11) is 0. The molecule has 0 amide bonds. The standard InChI is InChI=1S/C13H17BrN2OS/c1-4-10-13(14)11(16(5-2)15-10)8-18-12-6-7-17-9(12)3/h6-7H,4-5,8H2,1-3H3. The summed E-state index contributed by atoms with van der Waals surface area (Å²) in [6, 6.07) is 2.02. The van der Waals surface area contributed by atoms with Gasteiger partial charge in [0.05, 0.1) is 22.1 Å². The molecule has 18 heavy (non-hydrogen) atoms. The van der Waals surface area contributed by atoms with Crippen LogP contribution >= 0.6 is 27.7 Å². The Balaban J connectivity index is 2.18. The third kappa shape index (κ3) is 2.67. The number of rotatable bonds is 5. The normalized spacial score (nSPS) is 11.1. The monoisotopic (exact) mass is 328 g/mol. The fourth-order valence-electron chi connectivity index (χ4n) is 1.82. The zero-order chi connectivity index (χ0) is 13.1. The highest BCUT2D eigenvalue weighted by Crippen LogP contribution is 2.31. The molecule has 2 aromatic rings. The summed E-state index contributed by atoms with van der Waals surface area (Å²) in [6.45, 7) is 7.14. The van der Waals surface area contributed by atoms with Crippen LogP contribution in [0.25, 0.3) is 0 Å². The van der Waals surface area contributed by atoms with Gasteiger partial charge in [0.15, 0.2) is 0 Å². The van der Waals surface area contributed by atoms with Crippen molar-refractivity contribution in [1.29, 1.82) is 0 Å². The van der Waals surface area contributed by atoms with Gasteiger partial charge >= 0.3 is 0 Å². The molecule has 0 unspecified atom stereocenters. The van der Waals surface area contributed by atoms with E-state index in [0.717, 1.165) is 34.6 Å². The number of aryl methyl sites for hydroxylation is 3. The van der Waals surface area contributed by atoms with Crippen LogP contribution < -0.4 is 0 Å². The van der Waals surface area contributed by atoms with Crippen molar-refractivity contribution >= 4 is 27.7 Å². The third-order valence-electron chi connectivity index (χ3n) is 2.87. The van der Waals surface area contributed by atoms with Crippen LogP contribution in [0.15, 0.2) is 26.1 Å². The molecule has 0 aliphatic rings. The lowest BCUT2D eigenvalue weighted by Crippen LogP contribution is -2.01. The highest BCUT2D eigenvalue weighted by Gasteiger charge is 2.14. The molecule has 3 nitrogen and oxygen atoms in total. The molecule has 0 saturated carbocycles. The molecule has 0 radical (unpaired) electrons. The number of furan rings is 1. The van der Waals surface area contributed by atoms with E-state index >= 15 is 0 Å². The summed E-state index contributed by atoms with van der Waals surface area (Å²) in [4.78, 5) is 1.20. The predicted molar refractivity (Wildman–Crippen MR) is 78.0 cm³/mol. The molecule has 0 aliphatic heterocycles. The number of thioether (sulfide) groups is 1. The van der Waals surface area contributed by atoms with Crippen molar-refractivity contribution < 1.29 is 4.42 Å². The summed E-state index contributed by atoms with van der Waals surface area (Å²) >= 11 is 5.46. The summed E-state index contributed by atoms with van der Waals surface area (Å²) in [5.74, 6) is 1.89. The van der Waals surface area contributed by atoms with Crippen molar-refractivity contribution in [2.75, 3.05) is 0 Å². The fraction of sp³-hybridized carbons (Fsp3) is 0.462. The van der Waals surface area contributed by atoms with Gasteiger partial charge in [-0.2, -0.15) is 5.10 Å². The number of hydrogen-bond acceptors (Lipinski definition) is 3. The molecule has 0 fully saturated rings. The Morgan fingerprint density at radius 2 is 2.22 bits per heavy atom. The van der Waals surface area contributed by atoms with Gasteiger partial charge in [0, 0.05) is 17.2 Å². The molecule has 0 aromatic carbocycles. The first kappa shape index (κ1) is 13.7. The van der Waals surface area contributed by atoms with Crippen LogP contribution in [-0.4, -0.2) is 9.78 Å². The van der Waals surface area contributed by atoms with E-state index < -0.39 is 0 Å². The molecule has 0 saturated heterocycles. The van der Waals surface area contributed by atoms with E-state index in [0.29, 0.717) is 0 Å². The van der Waals surface area contributed by atoms with E-state index in [-0.39, 0.29) is 0 Å². The second-order valence-electron chi connectivity index (χ2n) is 4.01. The Morgan fingerprint density at radius 1 is 1.44 bits per heavy atom. The van der Waals surface area contributed by atoms with E-state index in [1.54, 1.807) is 18.0 Å². The second-order valence-corrected chi connectivity index (χ2v) is 5.82. The molecule has 2 aromatic heterocycles. The largest absolute Gasteiger partial charge is 0.468 e. The summed E-state index contributed by atoms with van der Waals surface area (Å²) in [5, 5.41) is 4.60. The lowest BCUT2D eigenvalue weighted by atomic mass is 10.3. The van der Waals surface area contributed by atoms with E-state index in [1.807, 2.05) is 13.0 Å². The number of aromatic nitrogens is 2. The Labute approximate surface area is 120 Å². The molecule has 0 N–H and O–H groups in total. The van der Waals surface area contributed by atoms with Crippen molar-refractivity contribution in [3.05, 3.63) is 34.0 Å². The second kappa shape index (κ2) is 5.97. The lowest BCUT2D eigenvalue weighted by molar-refractivity contribution is 0.527. The molecular formula is C13H17BrN2OS.